The van der Waals surface area contributed by atoms with Gasteiger partial charge in [0.25, 0.3) is 0 Å². The Hall–Kier alpha value is -4.19. The lowest BCUT2D eigenvalue weighted by molar-refractivity contribution is -0.148. The van der Waals surface area contributed by atoms with Crippen molar-refractivity contribution in [3.63, 3.8) is 0 Å². The molecule has 1 fully saturated rings. The molecule has 5 rings (SSSR count). The van der Waals surface area contributed by atoms with E-state index >= 15 is 0 Å². The molecule has 3 amide bonds. The van der Waals surface area contributed by atoms with Gasteiger partial charge in [0, 0.05) is 19.0 Å². The van der Waals surface area contributed by atoms with Gasteiger partial charge in [0.15, 0.2) is 0 Å². The zero-order valence-electron chi connectivity index (χ0n) is 24.1. The smallest absolute Gasteiger partial charge is 0.246 e. The second kappa shape index (κ2) is 12.1. The highest BCUT2D eigenvalue weighted by Crippen LogP contribution is 2.27. The zero-order chi connectivity index (χ0) is 29.1. The van der Waals surface area contributed by atoms with Gasteiger partial charge in [-0.2, -0.15) is 0 Å². The van der Waals surface area contributed by atoms with Crippen LogP contribution in [0, 0.1) is 5.92 Å². The Morgan fingerprint density at radius 1 is 0.854 bits per heavy atom. The molecule has 6 heteroatoms. The van der Waals surface area contributed by atoms with Crippen LogP contribution in [0.4, 0.5) is 0 Å². The molecular formula is C35H39N3O3. The summed E-state index contributed by atoms with van der Waals surface area (Å²) in [6.07, 6.45) is 1.64. The molecule has 1 heterocycles. The predicted octanol–water partition coefficient (Wildman–Crippen LogP) is 5.50. The molecule has 0 bridgehead atoms. The van der Waals surface area contributed by atoms with Crippen LogP contribution in [-0.4, -0.2) is 52.2 Å². The third-order valence-electron chi connectivity index (χ3n) is 8.27. The summed E-state index contributed by atoms with van der Waals surface area (Å²) in [5.74, 6) is -0.615. The number of benzene rings is 4. The van der Waals surface area contributed by atoms with Gasteiger partial charge in [-0.3, -0.25) is 14.4 Å². The molecular weight excluding hydrogens is 510 g/mol. The van der Waals surface area contributed by atoms with Crippen molar-refractivity contribution in [1.29, 1.82) is 0 Å². The summed E-state index contributed by atoms with van der Waals surface area (Å²) in [6, 6.07) is 26.7. The zero-order valence-corrected chi connectivity index (χ0v) is 24.1. The lowest BCUT2D eigenvalue weighted by Gasteiger charge is -2.36. The number of hydrogen-bond donors (Lipinski definition) is 1. The summed E-state index contributed by atoms with van der Waals surface area (Å²) in [4.78, 5) is 44.4. The highest BCUT2D eigenvalue weighted by atomic mass is 16.2. The molecule has 4 aromatic rings. The molecule has 2 N–H and O–H groups in total. The van der Waals surface area contributed by atoms with E-state index in [0.717, 1.165) is 32.7 Å². The maximum Gasteiger partial charge on any atom is 0.246 e. The Morgan fingerprint density at radius 3 is 2.00 bits per heavy atom. The first-order valence-electron chi connectivity index (χ1n) is 14.6. The summed E-state index contributed by atoms with van der Waals surface area (Å²) in [5, 5.41) is 4.40. The van der Waals surface area contributed by atoms with E-state index in [-0.39, 0.29) is 30.2 Å². The van der Waals surface area contributed by atoms with Gasteiger partial charge >= 0.3 is 0 Å². The number of hydrogen-bond acceptors (Lipinski definition) is 3. The van der Waals surface area contributed by atoms with Crippen molar-refractivity contribution in [2.45, 2.75) is 64.6 Å². The summed E-state index contributed by atoms with van der Waals surface area (Å²) in [6.45, 7) is 6.49. The number of primary amides is 1. The SMILES string of the molecule is CC(C)C[C@H]1C(=O)N([C@@H](Cc2ccc3ccccc3c2)C(N)=O)CC[C@@H](C)N1C(=O)Cc1ccc2ccccc2c1. The predicted molar refractivity (Wildman–Crippen MR) is 164 cm³/mol. The molecule has 3 atom stereocenters. The van der Waals surface area contributed by atoms with Crippen LogP contribution < -0.4 is 5.73 Å². The van der Waals surface area contributed by atoms with Crippen molar-refractivity contribution in [3.05, 3.63) is 96.1 Å². The van der Waals surface area contributed by atoms with Gasteiger partial charge in [0.1, 0.15) is 12.1 Å². The Morgan fingerprint density at radius 2 is 1.41 bits per heavy atom. The van der Waals surface area contributed by atoms with Crippen LogP contribution in [0.2, 0.25) is 0 Å². The Labute approximate surface area is 242 Å². The molecule has 0 unspecified atom stereocenters. The van der Waals surface area contributed by atoms with Crippen LogP contribution in [0.1, 0.15) is 44.7 Å². The van der Waals surface area contributed by atoms with E-state index < -0.39 is 18.0 Å². The summed E-state index contributed by atoms with van der Waals surface area (Å²) in [7, 11) is 0. The van der Waals surface area contributed by atoms with E-state index in [2.05, 4.69) is 26.0 Å². The molecule has 4 aromatic carbocycles. The Bertz CT molecular complexity index is 1580. The second-order valence-electron chi connectivity index (χ2n) is 11.8. The molecule has 212 valence electrons. The summed E-state index contributed by atoms with van der Waals surface area (Å²) < 4.78 is 0. The maximum absolute atomic E-state index is 14.2. The maximum atomic E-state index is 14.2. The van der Waals surface area contributed by atoms with Crippen LogP contribution in [-0.2, 0) is 27.2 Å². The number of carbonyl (C=O) groups excluding carboxylic acids is 3. The monoisotopic (exact) mass is 549 g/mol. The number of rotatable bonds is 8. The van der Waals surface area contributed by atoms with Crippen molar-refractivity contribution in [3.8, 4) is 0 Å². The fourth-order valence-electron chi connectivity index (χ4n) is 6.15. The number of fused-ring (bicyclic) bond motifs is 2. The van der Waals surface area contributed by atoms with Crippen molar-refractivity contribution in [1.82, 2.24) is 9.80 Å². The van der Waals surface area contributed by atoms with E-state index in [4.69, 9.17) is 5.73 Å². The van der Waals surface area contributed by atoms with Crippen molar-refractivity contribution in [2.75, 3.05) is 6.54 Å². The largest absolute Gasteiger partial charge is 0.368 e. The van der Waals surface area contributed by atoms with Gasteiger partial charge in [0.05, 0.1) is 6.42 Å². The van der Waals surface area contributed by atoms with E-state index in [1.54, 1.807) is 9.80 Å². The van der Waals surface area contributed by atoms with Gasteiger partial charge in [-0.25, -0.2) is 0 Å². The molecule has 0 saturated carbocycles. The molecule has 0 aliphatic carbocycles. The highest BCUT2D eigenvalue weighted by molar-refractivity contribution is 5.93. The highest BCUT2D eigenvalue weighted by Gasteiger charge is 2.42. The van der Waals surface area contributed by atoms with E-state index in [9.17, 15) is 14.4 Å². The Balaban J connectivity index is 1.42. The lowest BCUT2D eigenvalue weighted by Crippen LogP contribution is -2.56. The molecule has 6 nitrogen and oxygen atoms in total. The quantitative estimate of drug-likeness (QED) is 0.315. The van der Waals surface area contributed by atoms with Gasteiger partial charge in [-0.1, -0.05) is 98.8 Å². The first-order valence-corrected chi connectivity index (χ1v) is 14.6. The molecule has 0 spiro atoms. The molecule has 1 saturated heterocycles. The standard InChI is InChI=1S/C35H39N3O3/c1-23(2)18-32-35(41)37(31(34(36)40)21-25-12-14-27-8-4-6-10-29(27)19-25)17-16-24(3)38(32)33(39)22-26-13-15-28-9-5-7-11-30(28)20-26/h4-15,19-20,23-24,31-32H,16-18,21-22H2,1-3H3,(H2,36,40)/t24-,31+,32+/m1/s1. The first-order chi connectivity index (χ1) is 19.7. The van der Waals surface area contributed by atoms with E-state index in [1.165, 1.54) is 0 Å². The van der Waals surface area contributed by atoms with Gasteiger partial charge < -0.3 is 15.5 Å². The van der Waals surface area contributed by atoms with Crippen molar-refractivity contribution >= 4 is 39.3 Å². The second-order valence-corrected chi connectivity index (χ2v) is 11.8. The fraction of sp³-hybridized carbons (Fsp3) is 0.343. The third kappa shape index (κ3) is 6.27. The number of amides is 3. The Kier molecular flexibility index (Phi) is 8.39. The summed E-state index contributed by atoms with van der Waals surface area (Å²) >= 11 is 0. The number of nitrogens with two attached hydrogens (primary N) is 1. The minimum Gasteiger partial charge on any atom is -0.368 e. The topological polar surface area (TPSA) is 83.7 Å². The lowest BCUT2D eigenvalue weighted by atomic mass is 9.97. The van der Waals surface area contributed by atoms with Gasteiger partial charge in [-0.05, 0) is 58.4 Å². The van der Waals surface area contributed by atoms with E-state index in [1.807, 2.05) is 79.7 Å². The van der Waals surface area contributed by atoms with Crippen LogP contribution in [0.25, 0.3) is 21.5 Å². The van der Waals surface area contributed by atoms with Gasteiger partial charge in [-0.15, -0.1) is 0 Å². The third-order valence-corrected chi connectivity index (χ3v) is 8.27. The molecule has 1 aliphatic rings. The van der Waals surface area contributed by atoms with E-state index in [0.29, 0.717) is 25.8 Å². The molecule has 0 aromatic heterocycles. The van der Waals surface area contributed by atoms with Crippen molar-refractivity contribution in [2.24, 2.45) is 11.7 Å². The average molecular weight is 550 g/mol. The average Bonchev–Trinajstić information content (AvgIpc) is 3.06. The van der Waals surface area contributed by atoms with Crippen LogP contribution in [0.3, 0.4) is 0 Å². The fourth-order valence-corrected chi connectivity index (χ4v) is 6.15. The normalized spacial score (nSPS) is 18.6. The first kappa shape index (κ1) is 28.3. The van der Waals surface area contributed by atoms with Crippen LogP contribution in [0.15, 0.2) is 84.9 Å². The minimum absolute atomic E-state index is 0.0706. The molecule has 0 radical (unpaired) electrons. The van der Waals surface area contributed by atoms with Crippen LogP contribution >= 0.6 is 0 Å². The summed E-state index contributed by atoms with van der Waals surface area (Å²) in [5.41, 5.74) is 7.82. The van der Waals surface area contributed by atoms with Crippen LogP contribution in [0.5, 0.6) is 0 Å². The molecule has 41 heavy (non-hydrogen) atoms. The number of carbonyl (C=O) groups is 3. The van der Waals surface area contributed by atoms with Gasteiger partial charge in [0.2, 0.25) is 17.7 Å². The minimum atomic E-state index is -0.791. The molecule has 1 aliphatic heterocycles. The van der Waals surface area contributed by atoms with Crippen molar-refractivity contribution < 1.29 is 14.4 Å². The number of nitrogens with zero attached hydrogens (tertiary/aromatic N) is 2.